The molecule has 2 aliphatic rings. The van der Waals surface area contributed by atoms with Gasteiger partial charge in [0.1, 0.15) is 0 Å². The Balaban J connectivity index is 1.89. The SMILES string of the molecule is c1ccc2c(c1)CC1(c3cnc[nH]3)CCCC21. The number of fused-ring (bicyclic) bond motifs is 3. The molecule has 2 atom stereocenters. The molecule has 0 radical (unpaired) electrons. The predicted molar refractivity (Wildman–Crippen MR) is 67.0 cm³/mol. The number of nitrogens with one attached hydrogen (secondary N) is 1. The summed E-state index contributed by atoms with van der Waals surface area (Å²) in [6.07, 6.45) is 9.02. The van der Waals surface area contributed by atoms with Gasteiger partial charge in [-0.1, -0.05) is 30.7 Å². The maximum atomic E-state index is 4.23. The second kappa shape index (κ2) is 3.22. The molecule has 86 valence electrons. The molecular formula is C15H16N2. The van der Waals surface area contributed by atoms with E-state index in [1.54, 1.807) is 11.1 Å². The van der Waals surface area contributed by atoms with E-state index in [1.165, 1.54) is 31.4 Å². The predicted octanol–water partition coefficient (Wildman–Crippen LogP) is 3.17. The highest BCUT2D eigenvalue weighted by atomic mass is 14.9. The summed E-state index contributed by atoms with van der Waals surface area (Å²) >= 11 is 0. The Hall–Kier alpha value is -1.57. The van der Waals surface area contributed by atoms with Crippen molar-refractivity contribution in [3.63, 3.8) is 0 Å². The van der Waals surface area contributed by atoms with Gasteiger partial charge < -0.3 is 4.98 Å². The molecule has 2 unspecified atom stereocenters. The Morgan fingerprint density at radius 3 is 3.12 bits per heavy atom. The fourth-order valence-electron chi connectivity index (χ4n) is 4.06. The first-order valence-corrected chi connectivity index (χ1v) is 6.47. The highest BCUT2D eigenvalue weighted by Crippen LogP contribution is 2.57. The van der Waals surface area contributed by atoms with Crippen LogP contribution in [0.5, 0.6) is 0 Å². The van der Waals surface area contributed by atoms with Crippen LogP contribution >= 0.6 is 0 Å². The van der Waals surface area contributed by atoms with Crippen molar-refractivity contribution < 1.29 is 0 Å². The van der Waals surface area contributed by atoms with Crippen LogP contribution < -0.4 is 0 Å². The van der Waals surface area contributed by atoms with Crippen molar-refractivity contribution in [2.45, 2.75) is 37.0 Å². The van der Waals surface area contributed by atoms with Gasteiger partial charge in [-0.25, -0.2) is 4.98 Å². The molecule has 1 saturated carbocycles. The largest absolute Gasteiger partial charge is 0.348 e. The number of H-pyrrole nitrogens is 1. The summed E-state index contributed by atoms with van der Waals surface area (Å²) < 4.78 is 0. The zero-order valence-corrected chi connectivity index (χ0v) is 9.82. The molecule has 0 spiro atoms. The molecule has 2 nitrogen and oxygen atoms in total. The summed E-state index contributed by atoms with van der Waals surface area (Å²) in [6.45, 7) is 0. The fraction of sp³-hybridized carbons (Fsp3) is 0.400. The molecule has 1 heterocycles. The molecule has 0 amide bonds. The number of benzene rings is 1. The van der Waals surface area contributed by atoms with Crippen molar-refractivity contribution >= 4 is 0 Å². The first-order chi connectivity index (χ1) is 8.40. The van der Waals surface area contributed by atoms with Crippen LogP contribution in [-0.2, 0) is 11.8 Å². The third-order valence-electron chi connectivity index (χ3n) is 4.75. The lowest BCUT2D eigenvalue weighted by molar-refractivity contribution is 0.411. The molecule has 4 rings (SSSR count). The smallest absolute Gasteiger partial charge is 0.0921 e. The molecule has 1 aromatic heterocycles. The van der Waals surface area contributed by atoms with Crippen molar-refractivity contribution in [3.8, 4) is 0 Å². The summed E-state index contributed by atoms with van der Waals surface area (Å²) in [4.78, 5) is 7.59. The lowest BCUT2D eigenvalue weighted by atomic mass is 9.76. The average Bonchev–Trinajstić information content (AvgIpc) is 3.03. The van der Waals surface area contributed by atoms with Crippen LogP contribution in [0.15, 0.2) is 36.8 Å². The van der Waals surface area contributed by atoms with Gasteiger partial charge in [-0.2, -0.15) is 0 Å². The minimum Gasteiger partial charge on any atom is -0.348 e. The van der Waals surface area contributed by atoms with Gasteiger partial charge >= 0.3 is 0 Å². The Morgan fingerprint density at radius 1 is 1.29 bits per heavy atom. The fourth-order valence-corrected chi connectivity index (χ4v) is 4.06. The average molecular weight is 224 g/mol. The van der Waals surface area contributed by atoms with E-state index in [9.17, 15) is 0 Å². The van der Waals surface area contributed by atoms with Gasteiger partial charge in [-0.3, -0.25) is 0 Å². The van der Waals surface area contributed by atoms with Gasteiger partial charge in [0, 0.05) is 17.3 Å². The number of nitrogens with zero attached hydrogens (tertiary/aromatic N) is 1. The van der Waals surface area contributed by atoms with E-state index < -0.39 is 0 Å². The zero-order chi connectivity index (χ0) is 11.3. The van der Waals surface area contributed by atoms with Crippen LogP contribution in [0.25, 0.3) is 0 Å². The molecule has 0 bridgehead atoms. The van der Waals surface area contributed by atoms with E-state index in [-0.39, 0.29) is 0 Å². The summed E-state index contributed by atoms with van der Waals surface area (Å²) in [5.74, 6) is 0.708. The van der Waals surface area contributed by atoms with Crippen LogP contribution in [0, 0.1) is 0 Å². The van der Waals surface area contributed by atoms with Crippen LogP contribution in [0.1, 0.15) is 42.0 Å². The lowest BCUT2D eigenvalue weighted by Gasteiger charge is -2.28. The zero-order valence-electron chi connectivity index (χ0n) is 9.82. The third kappa shape index (κ3) is 1.13. The molecule has 17 heavy (non-hydrogen) atoms. The van der Waals surface area contributed by atoms with E-state index >= 15 is 0 Å². The molecule has 0 saturated heterocycles. The number of aromatic amines is 1. The number of aromatic nitrogens is 2. The molecule has 1 N–H and O–H groups in total. The van der Waals surface area contributed by atoms with Crippen molar-refractivity contribution in [1.82, 2.24) is 9.97 Å². The first kappa shape index (κ1) is 9.46. The van der Waals surface area contributed by atoms with Crippen LogP contribution in [0.2, 0.25) is 0 Å². The summed E-state index contributed by atoms with van der Waals surface area (Å²) in [6, 6.07) is 8.97. The summed E-state index contributed by atoms with van der Waals surface area (Å²) in [5.41, 5.74) is 4.79. The monoisotopic (exact) mass is 224 g/mol. The first-order valence-electron chi connectivity index (χ1n) is 6.47. The van der Waals surface area contributed by atoms with E-state index in [4.69, 9.17) is 0 Å². The van der Waals surface area contributed by atoms with Crippen molar-refractivity contribution in [2.24, 2.45) is 0 Å². The topological polar surface area (TPSA) is 28.7 Å². The molecule has 0 aliphatic heterocycles. The third-order valence-corrected chi connectivity index (χ3v) is 4.75. The van der Waals surface area contributed by atoms with Gasteiger partial charge in [0.15, 0.2) is 0 Å². The van der Waals surface area contributed by atoms with Crippen LogP contribution in [0.4, 0.5) is 0 Å². The van der Waals surface area contributed by atoms with E-state index in [2.05, 4.69) is 34.2 Å². The maximum absolute atomic E-state index is 4.23. The molecular weight excluding hydrogens is 208 g/mol. The Kier molecular flexibility index (Phi) is 1.79. The minimum absolute atomic E-state index is 0.320. The number of rotatable bonds is 1. The van der Waals surface area contributed by atoms with Crippen LogP contribution in [-0.4, -0.2) is 9.97 Å². The Labute approximate surface area is 101 Å². The molecule has 2 aromatic rings. The number of hydrogen-bond acceptors (Lipinski definition) is 1. The van der Waals surface area contributed by atoms with E-state index in [1.807, 2.05) is 12.5 Å². The van der Waals surface area contributed by atoms with Crippen molar-refractivity contribution in [3.05, 3.63) is 53.6 Å². The van der Waals surface area contributed by atoms with Crippen molar-refractivity contribution in [2.75, 3.05) is 0 Å². The Morgan fingerprint density at radius 2 is 2.24 bits per heavy atom. The quantitative estimate of drug-likeness (QED) is 0.792. The van der Waals surface area contributed by atoms with E-state index in [0.29, 0.717) is 11.3 Å². The van der Waals surface area contributed by atoms with Gasteiger partial charge in [0.2, 0.25) is 0 Å². The maximum Gasteiger partial charge on any atom is 0.0921 e. The van der Waals surface area contributed by atoms with Crippen LogP contribution in [0.3, 0.4) is 0 Å². The standard InChI is InChI=1S/C15H16N2/c1-2-5-12-11(4-1)8-15(7-3-6-13(12)15)14-9-16-10-17-14/h1-2,4-5,9-10,13H,3,6-8H2,(H,16,17). The van der Waals surface area contributed by atoms with Gasteiger partial charge in [0.25, 0.3) is 0 Å². The second-order valence-corrected chi connectivity index (χ2v) is 5.44. The normalized spacial score (nSPS) is 30.2. The summed E-state index contributed by atoms with van der Waals surface area (Å²) in [7, 11) is 0. The highest BCUT2D eigenvalue weighted by molar-refractivity contribution is 5.45. The second-order valence-electron chi connectivity index (χ2n) is 5.44. The van der Waals surface area contributed by atoms with E-state index in [0.717, 1.165) is 0 Å². The van der Waals surface area contributed by atoms with Gasteiger partial charge in [-0.05, 0) is 36.3 Å². The molecule has 1 aromatic carbocycles. The van der Waals surface area contributed by atoms with Gasteiger partial charge in [-0.15, -0.1) is 0 Å². The lowest BCUT2D eigenvalue weighted by Crippen LogP contribution is -2.26. The number of imidazole rings is 1. The van der Waals surface area contributed by atoms with Crippen molar-refractivity contribution in [1.29, 1.82) is 0 Å². The number of hydrogen-bond donors (Lipinski definition) is 1. The summed E-state index contributed by atoms with van der Waals surface area (Å²) in [5, 5.41) is 0. The minimum atomic E-state index is 0.320. The Bertz CT molecular complexity index is 544. The molecule has 2 heteroatoms. The molecule has 1 fully saturated rings. The highest BCUT2D eigenvalue weighted by Gasteiger charge is 2.50. The molecule has 2 aliphatic carbocycles. The van der Waals surface area contributed by atoms with Gasteiger partial charge in [0.05, 0.1) is 6.33 Å².